The molecule has 0 unspecified atom stereocenters. The zero-order valence-corrected chi connectivity index (χ0v) is 20.9. The highest BCUT2D eigenvalue weighted by molar-refractivity contribution is 7.19. The summed E-state index contributed by atoms with van der Waals surface area (Å²) in [6.07, 6.45) is 9.66. The summed E-state index contributed by atoms with van der Waals surface area (Å²) in [5, 5.41) is 7.15. The summed E-state index contributed by atoms with van der Waals surface area (Å²) in [4.78, 5) is 27.5. The Kier molecular flexibility index (Phi) is 6.86. The number of aromatic nitrogens is 3. The minimum Gasteiger partial charge on any atom is -0.367 e. The number of thiazole rings is 1. The Morgan fingerprint density at radius 3 is 2.60 bits per heavy atom. The van der Waals surface area contributed by atoms with E-state index < -0.39 is 0 Å². The number of anilines is 2. The van der Waals surface area contributed by atoms with Gasteiger partial charge in [-0.3, -0.25) is 15.1 Å². The maximum absolute atomic E-state index is 12.8. The van der Waals surface area contributed by atoms with E-state index in [1.165, 1.54) is 43.4 Å². The summed E-state index contributed by atoms with van der Waals surface area (Å²) >= 11 is 1.48. The Balaban J connectivity index is 1.48. The van der Waals surface area contributed by atoms with Gasteiger partial charge in [-0.2, -0.15) is 0 Å². The topological polar surface area (TPSA) is 79.8 Å². The number of hydrogen-bond donors (Lipinski definition) is 2. The van der Waals surface area contributed by atoms with E-state index >= 15 is 0 Å². The summed E-state index contributed by atoms with van der Waals surface area (Å²) in [6.45, 7) is 3.97. The Morgan fingerprint density at radius 2 is 1.83 bits per heavy atom. The molecule has 0 aliphatic heterocycles. The first-order valence-electron chi connectivity index (χ1n) is 12.1. The minimum absolute atomic E-state index is 0.219. The van der Waals surface area contributed by atoms with Crippen LogP contribution in [0.1, 0.15) is 53.7 Å². The Bertz CT molecular complexity index is 1330. The number of carbonyl (C=O) groups is 1. The molecule has 1 amide bonds. The molecular weight excluding hydrogens is 454 g/mol. The molecule has 1 fully saturated rings. The highest BCUT2D eigenvalue weighted by atomic mass is 32.1. The second-order valence-electron chi connectivity index (χ2n) is 9.12. The van der Waals surface area contributed by atoms with Crippen molar-refractivity contribution in [3.05, 3.63) is 77.7 Å². The highest BCUT2D eigenvalue weighted by Gasteiger charge is 2.19. The van der Waals surface area contributed by atoms with Crippen molar-refractivity contribution in [1.29, 1.82) is 0 Å². The largest absolute Gasteiger partial charge is 0.367 e. The van der Waals surface area contributed by atoms with Crippen molar-refractivity contribution in [3.8, 4) is 21.7 Å². The van der Waals surface area contributed by atoms with Crippen LogP contribution in [0.3, 0.4) is 0 Å². The number of nitrogens with one attached hydrogen (secondary N) is 2. The summed E-state index contributed by atoms with van der Waals surface area (Å²) in [7, 11) is 0. The number of hydrogen-bond acceptors (Lipinski definition) is 6. The van der Waals surface area contributed by atoms with Gasteiger partial charge in [0.1, 0.15) is 5.82 Å². The molecule has 1 aliphatic rings. The van der Waals surface area contributed by atoms with Gasteiger partial charge >= 0.3 is 0 Å². The van der Waals surface area contributed by atoms with Gasteiger partial charge in [-0.15, -0.1) is 0 Å². The molecule has 1 aliphatic carbocycles. The number of benzene rings is 1. The summed E-state index contributed by atoms with van der Waals surface area (Å²) in [6, 6.07) is 16.5. The molecule has 1 aromatic carbocycles. The van der Waals surface area contributed by atoms with E-state index in [1.54, 1.807) is 12.3 Å². The second-order valence-corrected chi connectivity index (χ2v) is 10.1. The van der Waals surface area contributed by atoms with Gasteiger partial charge < -0.3 is 5.32 Å². The molecule has 0 spiro atoms. The van der Waals surface area contributed by atoms with Gasteiger partial charge in [0.25, 0.3) is 5.91 Å². The lowest BCUT2D eigenvalue weighted by atomic mass is 9.95. The summed E-state index contributed by atoms with van der Waals surface area (Å²) in [5.41, 5.74) is 5.44. The van der Waals surface area contributed by atoms with Crippen molar-refractivity contribution in [2.45, 2.75) is 52.0 Å². The van der Waals surface area contributed by atoms with Crippen molar-refractivity contribution in [1.82, 2.24) is 15.0 Å². The first-order chi connectivity index (χ1) is 17.0. The van der Waals surface area contributed by atoms with Crippen LogP contribution in [-0.2, 0) is 0 Å². The Hall–Kier alpha value is -3.58. The van der Waals surface area contributed by atoms with Gasteiger partial charge in [0.2, 0.25) is 0 Å². The molecule has 1 saturated carbocycles. The van der Waals surface area contributed by atoms with Crippen LogP contribution in [0.15, 0.2) is 60.9 Å². The van der Waals surface area contributed by atoms with Crippen LogP contribution < -0.4 is 10.6 Å². The fraction of sp³-hybridized carbons (Fsp3) is 0.286. The predicted octanol–water partition coefficient (Wildman–Crippen LogP) is 6.88. The molecule has 0 atom stereocenters. The monoisotopic (exact) mass is 483 g/mol. The number of nitrogens with zero attached hydrogens (tertiary/aromatic N) is 3. The SMILES string of the molecule is Cc1cccc(-c2nc(NC(=O)c3ccc(C)nc3)sc2-c2ccnc(NC3CCCCC3)c2)c1. The van der Waals surface area contributed by atoms with E-state index in [4.69, 9.17) is 4.98 Å². The maximum atomic E-state index is 12.8. The van der Waals surface area contributed by atoms with Gasteiger partial charge in [-0.25, -0.2) is 9.97 Å². The van der Waals surface area contributed by atoms with E-state index in [0.29, 0.717) is 16.7 Å². The van der Waals surface area contributed by atoms with Gasteiger partial charge in [0, 0.05) is 29.7 Å². The predicted molar refractivity (Wildman–Crippen MR) is 143 cm³/mol. The lowest BCUT2D eigenvalue weighted by Gasteiger charge is -2.23. The van der Waals surface area contributed by atoms with Crippen LogP contribution in [0.4, 0.5) is 10.9 Å². The van der Waals surface area contributed by atoms with Crippen molar-refractivity contribution < 1.29 is 4.79 Å². The standard InChI is InChI=1S/C28H29N5OS/c1-18-7-6-8-20(15-18)25-26(21-13-14-29-24(16-21)31-23-9-4-3-5-10-23)35-28(32-25)33-27(34)22-12-11-19(2)30-17-22/h6-8,11-17,23H,3-5,9-10H2,1-2H3,(H,29,31)(H,32,33,34). The molecule has 2 N–H and O–H groups in total. The first-order valence-corrected chi connectivity index (χ1v) is 12.9. The minimum atomic E-state index is -0.219. The van der Waals surface area contributed by atoms with Crippen LogP contribution in [0, 0.1) is 13.8 Å². The third-order valence-electron chi connectivity index (χ3n) is 6.29. The number of pyridine rings is 2. The van der Waals surface area contributed by atoms with Gasteiger partial charge in [0.05, 0.1) is 16.1 Å². The summed E-state index contributed by atoms with van der Waals surface area (Å²) < 4.78 is 0. The summed E-state index contributed by atoms with van der Waals surface area (Å²) in [5.74, 6) is 0.664. The van der Waals surface area contributed by atoms with Gasteiger partial charge in [-0.05, 0) is 62.6 Å². The van der Waals surface area contributed by atoms with E-state index in [-0.39, 0.29) is 5.91 Å². The zero-order valence-electron chi connectivity index (χ0n) is 20.0. The Labute approximate surface area is 209 Å². The van der Waals surface area contributed by atoms with Crippen LogP contribution in [0.5, 0.6) is 0 Å². The fourth-order valence-electron chi connectivity index (χ4n) is 4.44. The van der Waals surface area contributed by atoms with Crippen molar-refractivity contribution in [2.24, 2.45) is 0 Å². The molecule has 35 heavy (non-hydrogen) atoms. The quantitative estimate of drug-likeness (QED) is 0.312. The normalized spacial score (nSPS) is 14.0. The maximum Gasteiger partial charge on any atom is 0.259 e. The average Bonchev–Trinajstić information content (AvgIpc) is 3.29. The van der Waals surface area contributed by atoms with Crippen LogP contribution >= 0.6 is 11.3 Å². The molecule has 4 aromatic rings. The fourth-order valence-corrected chi connectivity index (χ4v) is 5.41. The van der Waals surface area contributed by atoms with Crippen LogP contribution in [-0.4, -0.2) is 26.9 Å². The third-order valence-corrected chi connectivity index (χ3v) is 7.31. The zero-order chi connectivity index (χ0) is 24.2. The lowest BCUT2D eigenvalue weighted by Crippen LogP contribution is -2.22. The number of rotatable bonds is 6. The van der Waals surface area contributed by atoms with Gasteiger partial charge in [-0.1, -0.05) is 54.4 Å². The average molecular weight is 484 g/mol. The van der Waals surface area contributed by atoms with Gasteiger partial charge in [0.15, 0.2) is 5.13 Å². The van der Waals surface area contributed by atoms with Crippen molar-refractivity contribution >= 4 is 28.2 Å². The van der Waals surface area contributed by atoms with Crippen LogP contribution in [0.25, 0.3) is 21.7 Å². The molecule has 5 rings (SSSR count). The first kappa shape index (κ1) is 23.2. The molecule has 0 radical (unpaired) electrons. The highest BCUT2D eigenvalue weighted by Crippen LogP contribution is 2.40. The molecule has 7 heteroatoms. The smallest absolute Gasteiger partial charge is 0.259 e. The molecule has 0 saturated heterocycles. The molecule has 3 heterocycles. The molecule has 178 valence electrons. The van der Waals surface area contributed by atoms with Crippen LogP contribution in [0.2, 0.25) is 0 Å². The van der Waals surface area contributed by atoms with E-state index in [0.717, 1.165) is 38.8 Å². The van der Waals surface area contributed by atoms with E-state index in [2.05, 4.69) is 51.8 Å². The van der Waals surface area contributed by atoms with Crippen molar-refractivity contribution in [3.63, 3.8) is 0 Å². The number of amides is 1. The van der Waals surface area contributed by atoms with Crippen molar-refractivity contribution in [2.75, 3.05) is 10.6 Å². The van der Waals surface area contributed by atoms with E-state index in [1.807, 2.05) is 31.3 Å². The second kappa shape index (κ2) is 10.4. The Morgan fingerprint density at radius 1 is 0.971 bits per heavy atom. The molecular formula is C28H29N5OS. The molecule has 6 nitrogen and oxygen atoms in total. The number of aryl methyl sites for hydroxylation is 2. The lowest BCUT2D eigenvalue weighted by molar-refractivity contribution is 0.102. The van der Waals surface area contributed by atoms with E-state index in [9.17, 15) is 4.79 Å². The number of carbonyl (C=O) groups excluding carboxylic acids is 1. The third kappa shape index (κ3) is 5.57. The molecule has 0 bridgehead atoms. The molecule has 3 aromatic heterocycles.